The van der Waals surface area contributed by atoms with E-state index in [4.69, 9.17) is 15.0 Å². The van der Waals surface area contributed by atoms with Crippen LogP contribution < -0.4 is 0 Å². The van der Waals surface area contributed by atoms with Gasteiger partial charge in [-0.15, -0.1) is 0 Å². The van der Waals surface area contributed by atoms with Gasteiger partial charge in [-0.25, -0.2) is 15.0 Å². The summed E-state index contributed by atoms with van der Waals surface area (Å²) in [6.07, 6.45) is 0. The third-order valence-corrected chi connectivity index (χ3v) is 10.9. The Hall–Kier alpha value is -7.23. The van der Waals surface area contributed by atoms with Crippen LogP contribution in [0.25, 0.3) is 110 Å². The van der Waals surface area contributed by atoms with Crippen LogP contribution in [0.4, 0.5) is 0 Å². The van der Waals surface area contributed by atoms with Gasteiger partial charge in [0.1, 0.15) is 0 Å². The molecule has 1 aromatic heterocycles. The zero-order chi connectivity index (χ0) is 35.6. The molecule has 0 aliphatic heterocycles. The highest BCUT2D eigenvalue weighted by Crippen LogP contribution is 2.39. The summed E-state index contributed by atoms with van der Waals surface area (Å²) in [5, 5.41) is 14.4. The van der Waals surface area contributed by atoms with E-state index in [9.17, 15) is 0 Å². The van der Waals surface area contributed by atoms with Gasteiger partial charge >= 0.3 is 0 Å². The summed E-state index contributed by atoms with van der Waals surface area (Å²) >= 11 is 0. The molecule has 3 nitrogen and oxygen atoms in total. The molecule has 0 aliphatic carbocycles. The lowest BCUT2D eigenvalue weighted by Gasteiger charge is -2.15. The van der Waals surface area contributed by atoms with Crippen LogP contribution in [-0.2, 0) is 0 Å². The quantitative estimate of drug-likeness (QED) is 0.173. The number of fused-ring (bicyclic) bond motifs is 9. The number of rotatable bonds is 4. The van der Waals surface area contributed by atoms with E-state index in [0.29, 0.717) is 17.5 Å². The average molecular weight is 686 g/mol. The molecule has 250 valence electrons. The Labute approximate surface area is 311 Å². The molecule has 0 aliphatic rings. The fourth-order valence-corrected chi connectivity index (χ4v) is 8.31. The summed E-state index contributed by atoms with van der Waals surface area (Å²) < 4.78 is 0. The lowest BCUT2D eigenvalue weighted by Crippen LogP contribution is -2.02. The number of hydrogen-bond donors (Lipinski definition) is 0. The van der Waals surface area contributed by atoms with E-state index in [0.717, 1.165) is 49.4 Å². The average Bonchev–Trinajstić information content (AvgIpc) is 3.25. The van der Waals surface area contributed by atoms with E-state index in [-0.39, 0.29) is 0 Å². The van der Waals surface area contributed by atoms with Gasteiger partial charge in [0, 0.05) is 16.7 Å². The Morgan fingerprint density at radius 3 is 1.43 bits per heavy atom. The van der Waals surface area contributed by atoms with E-state index in [1.807, 2.05) is 0 Å². The van der Waals surface area contributed by atoms with E-state index in [1.54, 1.807) is 0 Å². The minimum absolute atomic E-state index is 0.639. The molecule has 1 heterocycles. The molecule has 0 saturated heterocycles. The first kappa shape index (κ1) is 30.4. The van der Waals surface area contributed by atoms with Crippen molar-refractivity contribution in [3.05, 3.63) is 188 Å². The first-order valence-corrected chi connectivity index (χ1v) is 18.4. The molecule has 11 aromatic rings. The largest absolute Gasteiger partial charge is 0.208 e. The molecule has 0 saturated carbocycles. The topological polar surface area (TPSA) is 38.7 Å². The molecule has 10 aromatic carbocycles. The van der Waals surface area contributed by atoms with Crippen LogP contribution in [0.15, 0.2) is 188 Å². The maximum Gasteiger partial charge on any atom is 0.164 e. The van der Waals surface area contributed by atoms with E-state index in [1.165, 1.54) is 43.1 Å². The smallest absolute Gasteiger partial charge is 0.164 e. The summed E-state index contributed by atoms with van der Waals surface area (Å²) in [5.41, 5.74) is 5.10. The molecule has 54 heavy (non-hydrogen) atoms. The monoisotopic (exact) mass is 685 g/mol. The van der Waals surface area contributed by atoms with Gasteiger partial charge in [-0.3, -0.25) is 0 Å². The molecule has 0 amide bonds. The van der Waals surface area contributed by atoms with Crippen LogP contribution in [0, 0.1) is 0 Å². The Morgan fingerprint density at radius 2 is 0.667 bits per heavy atom. The predicted octanol–water partition coefficient (Wildman–Crippen LogP) is 13.5. The molecule has 3 heteroatoms. The molecule has 0 bridgehead atoms. The second-order valence-corrected chi connectivity index (χ2v) is 14.0. The second kappa shape index (κ2) is 12.2. The minimum atomic E-state index is 0.639. The van der Waals surface area contributed by atoms with Gasteiger partial charge in [0.25, 0.3) is 0 Å². The molecule has 0 atom stereocenters. The van der Waals surface area contributed by atoms with Crippen LogP contribution in [0.3, 0.4) is 0 Å². The lowest BCUT2D eigenvalue weighted by molar-refractivity contribution is 1.08. The van der Waals surface area contributed by atoms with Gasteiger partial charge in [-0.2, -0.15) is 0 Å². The first-order valence-electron chi connectivity index (χ1n) is 18.4. The summed E-state index contributed by atoms with van der Waals surface area (Å²) in [6.45, 7) is 0. The highest BCUT2D eigenvalue weighted by Gasteiger charge is 2.19. The van der Waals surface area contributed by atoms with Gasteiger partial charge in [-0.05, 0) is 87.9 Å². The highest BCUT2D eigenvalue weighted by atomic mass is 15.0. The van der Waals surface area contributed by atoms with Crippen molar-refractivity contribution in [3.8, 4) is 45.3 Å². The summed E-state index contributed by atoms with van der Waals surface area (Å²) in [5.74, 6) is 1.94. The Kier molecular flexibility index (Phi) is 6.86. The van der Waals surface area contributed by atoms with Crippen LogP contribution in [0.2, 0.25) is 0 Å². The van der Waals surface area contributed by atoms with E-state index >= 15 is 0 Å². The van der Waals surface area contributed by atoms with Crippen molar-refractivity contribution < 1.29 is 0 Å². The third kappa shape index (κ3) is 4.87. The van der Waals surface area contributed by atoms with Gasteiger partial charge in [0.2, 0.25) is 0 Å². The molecule has 11 rings (SSSR count). The van der Waals surface area contributed by atoms with Crippen molar-refractivity contribution in [2.24, 2.45) is 0 Å². The van der Waals surface area contributed by atoms with Crippen molar-refractivity contribution >= 4 is 64.6 Å². The predicted molar refractivity (Wildman–Crippen MR) is 227 cm³/mol. The van der Waals surface area contributed by atoms with Gasteiger partial charge in [-0.1, -0.05) is 176 Å². The summed E-state index contributed by atoms with van der Waals surface area (Å²) in [4.78, 5) is 15.9. The fraction of sp³-hybridized carbons (Fsp3) is 0. The fourth-order valence-electron chi connectivity index (χ4n) is 8.31. The van der Waals surface area contributed by atoms with E-state index in [2.05, 4.69) is 188 Å². The number of benzene rings is 10. The number of hydrogen-bond acceptors (Lipinski definition) is 3. The first-order chi connectivity index (χ1) is 26.8. The van der Waals surface area contributed by atoms with Gasteiger partial charge in [0.05, 0.1) is 0 Å². The van der Waals surface area contributed by atoms with Crippen molar-refractivity contribution in [1.82, 2.24) is 15.0 Å². The standard InChI is InChI=1S/C51H31N3/c1-5-17-38-32(12-1)15-11-23-46(38)50-52-49(53-51(54-50)48-31-35-14-3-6-18-39(35)41-20-8-9-21-42(41)48)45-22-10-7-19-40(45)36-25-24-34-27-28-43-37-16-4-2-13-33(37)26-29-44(43)47(34)30-36/h1-31H. The molecule has 0 unspecified atom stereocenters. The number of nitrogens with zero attached hydrogens (tertiary/aromatic N) is 3. The molecule has 0 radical (unpaired) electrons. The highest BCUT2D eigenvalue weighted by molar-refractivity contribution is 6.18. The maximum absolute atomic E-state index is 5.35. The van der Waals surface area contributed by atoms with Crippen molar-refractivity contribution in [3.63, 3.8) is 0 Å². The maximum atomic E-state index is 5.35. The van der Waals surface area contributed by atoms with Crippen molar-refractivity contribution in [2.45, 2.75) is 0 Å². The van der Waals surface area contributed by atoms with Gasteiger partial charge < -0.3 is 0 Å². The minimum Gasteiger partial charge on any atom is -0.208 e. The Balaban J connectivity index is 1.17. The Bertz CT molecular complexity index is 3280. The van der Waals surface area contributed by atoms with Crippen LogP contribution in [-0.4, -0.2) is 15.0 Å². The van der Waals surface area contributed by atoms with Crippen molar-refractivity contribution in [2.75, 3.05) is 0 Å². The molecular weight excluding hydrogens is 655 g/mol. The zero-order valence-electron chi connectivity index (χ0n) is 29.2. The normalized spacial score (nSPS) is 11.7. The summed E-state index contributed by atoms with van der Waals surface area (Å²) in [6, 6.07) is 67.0. The number of aromatic nitrogens is 3. The third-order valence-electron chi connectivity index (χ3n) is 10.9. The zero-order valence-corrected chi connectivity index (χ0v) is 29.2. The van der Waals surface area contributed by atoms with Crippen LogP contribution >= 0.6 is 0 Å². The molecular formula is C51H31N3. The van der Waals surface area contributed by atoms with Crippen LogP contribution in [0.1, 0.15) is 0 Å². The molecule has 0 N–H and O–H groups in total. The lowest BCUT2D eigenvalue weighted by atomic mass is 9.93. The van der Waals surface area contributed by atoms with Crippen molar-refractivity contribution in [1.29, 1.82) is 0 Å². The molecule has 0 fully saturated rings. The molecule has 0 spiro atoms. The van der Waals surface area contributed by atoms with Gasteiger partial charge in [0.15, 0.2) is 17.5 Å². The van der Waals surface area contributed by atoms with E-state index < -0.39 is 0 Å². The summed E-state index contributed by atoms with van der Waals surface area (Å²) in [7, 11) is 0. The Morgan fingerprint density at radius 1 is 0.222 bits per heavy atom. The SMILES string of the molecule is c1ccc(-c2nc(-c3cccc4ccccc34)nc(-c3cc4ccccc4c4ccccc34)n2)c(-c2ccc3ccc4c5ccccc5ccc4c3c2)c1. The second-order valence-electron chi connectivity index (χ2n) is 14.0. The van der Waals surface area contributed by atoms with Crippen LogP contribution in [0.5, 0.6) is 0 Å².